The molecule has 0 saturated carbocycles. The van der Waals surface area contributed by atoms with E-state index in [9.17, 15) is 0 Å². The minimum absolute atomic E-state index is 0.209. The van der Waals surface area contributed by atoms with Gasteiger partial charge in [0.2, 0.25) is 0 Å². The van der Waals surface area contributed by atoms with Crippen molar-refractivity contribution in [2.24, 2.45) is 0 Å². The van der Waals surface area contributed by atoms with Crippen LogP contribution < -0.4 is 4.90 Å². The topological polar surface area (TPSA) is 3.24 Å². The van der Waals surface area contributed by atoms with Gasteiger partial charge < -0.3 is 4.90 Å². The largest absolute Gasteiger partial charge is 0.310 e. The summed E-state index contributed by atoms with van der Waals surface area (Å²) in [5.41, 5.74) is 18.2. The van der Waals surface area contributed by atoms with Crippen molar-refractivity contribution in [1.82, 2.24) is 0 Å². The van der Waals surface area contributed by atoms with E-state index >= 15 is 0 Å². The molecule has 0 aliphatic heterocycles. The van der Waals surface area contributed by atoms with Gasteiger partial charge in [-0.3, -0.25) is 0 Å². The zero-order valence-electron chi connectivity index (χ0n) is 33.8. The number of rotatable bonds is 7. The van der Waals surface area contributed by atoms with Gasteiger partial charge in [-0.25, -0.2) is 0 Å². The second kappa shape index (κ2) is 14.4. The van der Waals surface area contributed by atoms with Crippen molar-refractivity contribution >= 4 is 38.6 Å². The molecule has 1 aliphatic carbocycles. The molecule has 1 nitrogen and oxygen atoms in total. The highest BCUT2D eigenvalue weighted by Gasteiger charge is 2.36. The van der Waals surface area contributed by atoms with Crippen molar-refractivity contribution in [1.29, 1.82) is 0 Å². The maximum absolute atomic E-state index is 2.45. The van der Waals surface area contributed by atoms with Crippen LogP contribution in [0.15, 0.2) is 224 Å². The molecular weight excluding hydrogens is 723 g/mol. The van der Waals surface area contributed by atoms with Crippen LogP contribution in [0.3, 0.4) is 0 Å². The van der Waals surface area contributed by atoms with E-state index in [1.807, 2.05) is 0 Å². The average molecular weight is 766 g/mol. The van der Waals surface area contributed by atoms with Gasteiger partial charge in [-0.2, -0.15) is 0 Å². The third-order valence-corrected chi connectivity index (χ3v) is 12.7. The Kier molecular flexibility index (Phi) is 8.57. The molecule has 10 aromatic carbocycles. The molecule has 0 fully saturated rings. The van der Waals surface area contributed by atoms with Gasteiger partial charge in [0, 0.05) is 22.4 Å². The normalized spacial score (nSPS) is 12.6. The fraction of sp³-hybridized carbons (Fsp3) is 0.0508. The first kappa shape index (κ1) is 35.7. The summed E-state index contributed by atoms with van der Waals surface area (Å²) in [6.07, 6.45) is 0. The van der Waals surface area contributed by atoms with E-state index in [4.69, 9.17) is 0 Å². The standard InChI is InChI=1S/C59H43N/c1-59(2)56-38-48(52-21-12-18-44-16-8-9-19-51(44)52)31-35-54(56)55-36-34-50(39-57(55)59)60(49-32-29-43(30-33-49)47-28-25-41-15-6-7-17-46(41)37-47)58-22-11-10-20-53(58)45-26-23-42(24-27-45)40-13-4-3-5-14-40/h3-39H,1-2H3. The lowest BCUT2D eigenvalue weighted by Crippen LogP contribution is -2.17. The predicted octanol–water partition coefficient (Wildman–Crippen LogP) is 16.4. The van der Waals surface area contributed by atoms with Gasteiger partial charge in [0.05, 0.1) is 5.69 Å². The lowest BCUT2D eigenvalue weighted by atomic mass is 9.81. The Labute approximate surface area is 352 Å². The molecule has 0 N–H and O–H groups in total. The monoisotopic (exact) mass is 765 g/mol. The van der Waals surface area contributed by atoms with Gasteiger partial charge >= 0.3 is 0 Å². The SMILES string of the molecule is CC1(C)c2cc(-c3cccc4ccccc34)ccc2-c2ccc(N(c3ccc(-c4ccc5ccccc5c4)cc3)c3ccccc3-c3ccc(-c4ccccc4)cc3)cc21. The molecule has 1 heteroatoms. The Bertz CT molecular complexity index is 3200. The molecule has 0 atom stereocenters. The lowest BCUT2D eigenvalue weighted by Gasteiger charge is -2.30. The predicted molar refractivity (Wildman–Crippen MR) is 255 cm³/mol. The Morgan fingerprint density at radius 2 is 0.833 bits per heavy atom. The highest BCUT2D eigenvalue weighted by atomic mass is 15.1. The zero-order valence-corrected chi connectivity index (χ0v) is 33.8. The summed E-state index contributed by atoms with van der Waals surface area (Å²) >= 11 is 0. The van der Waals surface area contributed by atoms with Crippen molar-refractivity contribution in [3.05, 3.63) is 236 Å². The van der Waals surface area contributed by atoms with E-state index in [0.29, 0.717) is 0 Å². The summed E-state index contributed by atoms with van der Waals surface area (Å²) in [6, 6.07) is 82.4. The van der Waals surface area contributed by atoms with Gasteiger partial charge in [0.15, 0.2) is 0 Å². The molecule has 0 unspecified atom stereocenters. The first-order valence-electron chi connectivity index (χ1n) is 20.9. The highest BCUT2D eigenvalue weighted by Crippen LogP contribution is 2.52. The van der Waals surface area contributed by atoms with Gasteiger partial charge in [-0.05, 0) is 125 Å². The average Bonchev–Trinajstić information content (AvgIpc) is 3.54. The van der Waals surface area contributed by atoms with Gasteiger partial charge in [-0.1, -0.05) is 196 Å². The van der Waals surface area contributed by atoms with E-state index in [1.165, 1.54) is 88.3 Å². The first-order valence-corrected chi connectivity index (χ1v) is 20.9. The molecule has 0 heterocycles. The van der Waals surface area contributed by atoms with Crippen LogP contribution in [0.4, 0.5) is 17.1 Å². The molecule has 1 aliphatic rings. The van der Waals surface area contributed by atoms with E-state index in [0.717, 1.165) is 17.1 Å². The van der Waals surface area contributed by atoms with Crippen LogP contribution in [0.1, 0.15) is 25.0 Å². The van der Waals surface area contributed by atoms with Crippen molar-refractivity contribution in [2.45, 2.75) is 19.3 Å². The van der Waals surface area contributed by atoms with Crippen molar-refractivity contribution < 1.29 is 0 Å². The summed E-state index contributed by atoms with van der Waals surface area (Å²) in [4.78, 5) is 2.45. The number of para-hydroxylation sites is 1. The number of hydrogen-bond acceptors (Lipinski definition) is 1. The Hall–Kier alpha value is -7.48. The molecule has 284 valence electrons. The Morgan fingerprint density at radius 3 is 1.65 bits per heavy atom. The molecule has 0 bridgehead atoms. The van der Waals surface area contributed by atoms with E-state index in [-0.39, 0.29) is 5.41 Å². The van der Waals surface area contributed by atoms with E-state index in [2.05, 4.69) is 243 Å². The fourth-order valence-corrected chi connectivity index (χ4v) is 9.49. The van der Waals surface area contributed by atoms with Gasteiger partial charge in [0.25, 0.3) is 0 Å². The molecule has 0 radical (unpaired) electrons. The summed E-state index contributed by atoms with van der Waals surface area (Å²) < 4.78 is 0. The van der Waals surface area contributed by atoms with Crippen molar-refractivity contribution in [3.8, 4) is 55.6 Å². The van der Waals surface area contributed by atoms with Gasteiger partial charge in [-0.15, -0.1) is 0 Å². The molecule has 0 spiro atoms. The maximum atomic E-state index is 2.45. The number of nitrogens with zero attached hydrogens (tertiary/aromatic N) is 1. The summed E-state index contributed by atoms with van der Waals surface area (Å²) in [5.74, 6) is 0. The van der Waals surface area contributed by atoms with Crippen LogP contribution in [-0.2, 0) is 5.41 Å². The smallest absolute Gasteiger partial charge is 0.0540 e. The molecular formula is C59H43N. The Morgan fingerprint density at radius 1 is 0.300 bits per heavy atom. The summed E-state index contributed by atoms with van der Waals surface area (Å²) in [7, 11) is 0. The number of hydrogen-bond donors (Lipinski definition) is 0. The van der Waals surface area contributed by atoms with Crippen molar-refractivity contribution in [3.63, 3.8) is 0 Å². The van der Waals surface area contributed by atoms with Crippen molar-refractivity contribution in [2.75, 3.05) is 4.90 Å². The third kappa shape index (κ3) is 6.10. The highest BCUT2D eigenvalue weighted by molar-refractivity contribution is 5.98. The van der Waals surface area contributed by atoms with Crippen LogP contribution in [0.2, 0.25) is 0 Å². The molecule has 10 aromatic rings. The fourth-order valence-electron chi connectivity index (χ4n) is 9.49. The summed E-state index contributed by atoms with van der Waals surface area (Å²) in [6.45, 7) is 4.78. The second-order valence-electron chi connectivity index (χ2n) is 16.5. The van der Waals surface area contributed by atoms with Crippen LogP contribution in [-0.4, -0.2) is 0 Å². The zero-order chi connectivity index (χ0) is 40.2. The van der Waals surface area contributed by atoms with E-state index in [1.54, 1.807) is 0 Å². The molecule has 0 saturated heterocycles. The Balaban J connectivity index is 1.03. The second-order valence-corrected chi connectivity index (χ2v) is 16.5. The molecule has 0 amide bonds. The lowest BCUT2D eigenvalue weighted by molar-refractivity contribution is 0.660. The summed E-state index contributed by atoms with van der Waals surface area (Å²) in [5, 5.41) is 5.05. The van der Waals surface area contributed by atoms with E-state index < -0.39 is 0 Å². The van der Waals surface area contributed by atoms with Crippen LogP contribution in [0, 0.1) is 0 Å². The third-order valence-electron chi connectivity index (χ3n) is 12.7. The number of fused-ring (bicyclic) bond motifs is 5. The maximum Gasteiger partial charge on any atom is 0.0540 e. The number of anilines is 3. The van der Waals surface area contributed by atoms with Crippen LogP contribution in [0.5, 0.6) is 0 Å². The minimum atomic E-state index is -0.209. The number of benzene rings is 10. The van der Waals surface area contributed by atoms with Gasteiger partial charge in [0.1, 0.15) is 0 Å². The molecule has 60 heavy (non-hydrogen) atoms. The molecule has 0 aromatic heterocycles. The quantitative estimate of drug-likeness (QED) is 0.156. The molecule has 11 rings (SSSR count). The minimum Gasteiger partial charge on any atom is -0.310 e. The first-order chi connectivity index (χ1) is 29.5. The van der Waals surface area contributed by atoms with Crippen LogP contribution in [0.25, 0.3) is 77.2 Å². The van der Waals surface area contributed by atoms with Crippen LogP contribution >= 0.6 is 0 Å².